The second-order valence-corrected chi connectivity index (χ2v) is 12.0. The van der Waals surface area contributed by atoms with Crippen LogP contribution >= 0.6 is 0 Å². The highest BCUT2D eigenvalue weighted by Crippen LogP contribution is 2.33. The molecular weight excluding hydrogens is 539 g/mol. The molecule has 0 radical (unpaired) electrons. The van der Waals surface area contributed by atoms with Gasteiger partial charge < -0.3 is 9.15 Å². The normalized spacial score (nSPS) is 13.0. The summed E-state index contributed by atoms with van der Waals surface area (Å²) < 4.78 is 11.9. The smallest absolute Gasteiger partial charge is 0.338 e. The van der Waals surface area contributed by atoms with Crippen molar-refractivity contribution in [1.29, 1.82) is 0 Å². The van der Waals surface area contributed by atoms with E-state index in [1.54, 1.807) is 0 Å². The summed E-state index contributed by atoms with van der Waals surface area (Å²) in [5.74, 6) is -0.275. The molecule has 0 spiro atoms. The molecule has 0 amide bonds. The van der Waals surface area contributed by atoms with Crippen LogP contribution in [-0.4, -0.2) is 12.7 Å². The molecule has 4 heteroatoms. The molecule has 2 aliphatic rings. The van der Waals surface area contributed by atoms with Gasteiger partial charge in [0.05, 0.1) is 5.56 Å². The molecule has 3 nitrogen and oxygen atoms in total. The van der Waals surface area contributed by atoms with E-state index in [-0.39, 0.29) is 19.3 Å². The summed E-state index contributed by atoms with van der Waals surface area (Å²) in [6, 6.07) is 44.4. The van der Waals surface area contributed by atoms with Gasteiger partial charge in [-0.25, -0.2) is 4.79 Å². The van der Waals surface area contributed by atoms with Gasteiger partial charge in [0, 0.05) is 10.8 Å². The van der Waals surface area contributed by atoms with Crippen LogP contribution in [0.2, 0.25) is 0 Å². The molecule has 0 fully saturated rings. The lowest BCUT2D eigenvalue weighted by Gasteiger charge is -2.34. The number of furan rings is 1. The van der Waals surface area contributed by atoms with Gasteiger partial charge in [0.2, 0.25) is 6.71 Å². The van der Waals surface area contributed by atoms with Crippen LogP contribution in [0.3, 0.4) is 0 Å². The van der Waals surface area contributed by atoms with Gasteiger partial charge in [-0.2, -0.15) is 0 Å². The Morgan fingerprint density at radius 3 is 2.18 bits per heavy atom. The lowest BCUT2D eigenvalue weighted by atomic mass is 9.30. The van der Waals surface area contributed by atoms with Crippen LogP contribution in [0.15, 0.2) is 132 Å². The van der Waals surface area contributed by atoms with Gasteiger partial charge >= 0.3 is 5.97 Å². The average molecular weight is 566 g/mol. The largest absolute Gasteiger partial charge is 0.457 e. The lowest BCUT2D eigenvalue weighted by Crippen LogP contribution is -2.61. The van der Waals surface area contributed by atoms with E-state index in [0.717, 1.165) is 40.3 Å². The molecule has 0 bridgehead atoms. The highest BCUT2D eigenvalue weighted by molar-refractivity contribution is 6.97. The van der Waals surface area contributed by atoms with Gasteiger partial charge in [-0.3, -0.25) is 0 Å². The van der Waals surface area contributed by atoms with Crippen molar-refractivity contribution in [3.05, 3.63) is 161 Å². The zero-order valence-corrected chi connectivity index (χ0v) is 24.0. The number of esters is 1. The molecule has 9 rings (SSSR count). The van der Waals surface area contributed by atoms with Crippen LogP contribution in [0.4, 0.5) is 0 Å². The molecule has 0 unspecified atom stereocenters. The fourth-order valence-electron chi connectivity index (χ4n) is 7.36. The number of hydrogen-bond donors (Lipinski definition) is 0. The van der Waals surface area contributed by atoms with E-state index in [1.165, 1.54) is 49.8 Å². The molecule has 7 aromatic rings. The Hall–Kier alpha value is -5.35. The molecule has 1 aromatic heterocycles. The molecule has 3 heterocycles. The topological polar surface area (TPSA) is 39.4 Å². The zero-order chi connectivity index (χ0) is 29.2. The van der Waals surface area contributed by atoms with Crippen molar-refractivity contribution in [3.63, 3.8) is 0 Å². The molecule has 2 aliphatic heterocycles. The molecule has 0 saturated heterocycles. The van der Waals surface area contributed by atoms with E-state index in [1.807, 2.05) is 42.5 Å². The van der Waals surface area contributed by atoms with Crippen molar-refractivity contribution in [3.8, 4) is 11.1 Å². The fourth-order valence-corrected chi connectivity index (χ4v) is 7.36. The summed E-state index contributed by atoms with van der Waals surface area (Å²) in [7, 11) is 0. The van der Waals surface area contributed by atoms with E-state index in [9.17, 15) is 4.79 Å². The van der Waals surface area contributed by atoms with Crippen LogP contribution < -0.4 is 16.4 Å². The highest BCUT2D eigenvalue weighted by Gasteiger charge is 2.37. The van der Waals surface area contributed by atoms with Gasteiger partial charge in [-0.1, -0.05) is 113 Å². The van der Waals surface area contributed by atoms with Crippen molar-refractivity contribution in [2.75, 3.05) is 0 Å². The van der Waals surface area contributed by atoms with Crippen LogP contribution in [0.25, 0.3) is 33.1 Å². The number of para-hydroxylation sites is 1. The maximum atomic E-state index is 13.3. The van der Waals surface area contributed by atoms with Gasteiger partial charge in [-0.15, -0.1) is 0 Å². The van der Waals surface area contributed by atoms with Crippen molar-refractivity contribution >= 4 is 51.0 Å². The molecule has 6 aromatic carbocycles. The van der Waals surface area contributed by atoms with Crippen molar-refractivity contribution in [2.45, 2.75) is 19.4 Å². The zero-order valence-electron chi connectivity index (χ0n) is 24.0. The van der Waals surface area contributed by atoms with Gasteiger partial charge in [0.15, 0.2) is 0 Å². The number of ether oxygens (including phenoxy) is 1. The SMILES string of the molecule is O=C(OCc1ccccc1)c1cc2c3c(c1)Cc1cc(-c4ccc5oc6ccccc6c5c4)ccc1B3c1ccccc1C2. The van der Waals surface area contributed by atoms with E-state index >= 15 is 0 Å². The fraction of sp³-hybridized carbons (Fsp3) is 0.0750. The van der Waals surface area contributed by atoms with Crippen molar-refractivity contribution < 1.29 is 13.9 Å². The Balaban J connectivity index is 1.14. The predicted octanol–water partition coefficient (Wildman–Crippen LogP) is 6.93. The van der Waals surface area contributed by atoms with E-state index in [2.05, 4.69) is 84.9 Å². The molecular formula is C40H27BO3. The van der Waals surface area contributed by atoms with Crippen LogP contribution in [0, 0.1) is 0 Å². The summed E-state index contributed by atoms with van der Waals surface area (Å²) in [5, 5.41) is 2.26. The third kappa shape index (κ3) is 4.02. The number of carbonyl (C=O) groups excluding carboxylic acids is 1. The Morgan fingerprint density at radius 2 is 1.30 bits per heavy atom. The molecule has 44 heavy (non-hydrogen) atoms. The average Bonchev–Trinajstić information content (AvgIpc) is 3.45. The maximum absolute atomic E-state index is 13.3. The standard InChI is InChI=1S/C40H27BO3/c42-40(43-24-25-8-2-1-3-9-25)32-21-30-19-28-10-4-6-12-35(28)41-36-16-14-26(18-29(36)20-31(22-32)39(30)41)27-15-17-38-34(23-27)33-11-5-7-13-37(33)44-38/h1-18,21-23H,19-20,24H2. The Morgan fingerprint density at radius 1 is 0.614 bits per heavy atom. The van der Waals surface area contributed by atoms with E-state index in [4.69, 9.17) is 9.15 Å². The minimum absolute atomic E-state index is 0.150. The van der Waals surface area contributed by atoms with Crippen LogP contribution in [-0.2, 0) is 24.2 Å². The first-order chi connectivity index (χ1) is 21.7. The van der Waals surface area contributed by atoms with Crippen molar-refractivity contribution in [2.24, 2.45) is 0 Å². The quantitative estimate of drug-likeness (QED) is 0.171. The number of carbonyl (C=O) groups is 1. The van der Waals surface area contributed by atoms with Gasteiger partial charge in [0.25, 0.3) is 0 Å². The first-order valence-electron chi connectivity index (χ1n) is 15.2. The van der Waals surface area contributed by atoms with Crippen molar-refractivity contribution in [1.82, 2.24) is 0 Å². The van der Waals surface area contributed by atoms with Gasteiger partial charge in [0.1, 0.15) is 17.8 Å². The third-order valence-corrected chi connectivity index (χ3v) is 9.38. The van der Waals surface area contributed by atoms with Gasteiger partial charge in [-0.05, 0) is 82.1 Å². The summed E-state index contributed by atoms with van der Waals surface area (Å²) in [6.45, 7) is 0.414. The predicted molar refractivity (Wildman–Crippen MR) is 178 cm³/mol. The Labute approximate surface area is 255 Å². The van der Waals surface area contributed by atoms with E-state index in [0.29, 0.717) is 5.56 Å². The summed E-state index contributed by atoms with van der Waals surface area (Å²) in [6.07, 6.45) is 1.60. The van der Waals surface area contributed by atoms with Crippen LogP contribution in [0.1, 0.15) is 38.2 Å². The Kier molecular flexibility index (Phi) is 5.64. The Bertz CT molecular complexity index is 2260. The lowest BCUT2D eigenvalue weighted by molar-refractivity contribution is 0.0472. The second-order valence-electron chi connectivity index (χ2n) is 12.0. The summed E-state index contributed by atoms with van der Waals surface area (Å²) in [5.41, 5.74) is 14.9. The van der Waals surface area contributed by atoms with Crippen LogP contribution in [0.5, 0.6) is 0 Å². The summed E-state index contributed by atoms with van der Waals surface area (Å²) >= 11 is 0. The molecule has 0 saturated carbocycles. The first-order valence-corrected chi connectivity index (χ1v) is 15.2. The highest BCUT2D eigenvalue weighted by atomic mass is 16.5. The number of hydrogen-bond acceptors (Lipinski definition) is 3. The third-order valence-electron chi connectivity index (χ3n) is 9.38. The summed E-state index contributed by atoms with van der Waals surface area (Å²) in [4.78, 5) is 13.3. The molecule has 0 aliphatic carbocycles. The molecule has 0 N–H and O–H groups in total. The second kappa shape index (κ2) is 9.85. The minimum Gasteiger partial charge on any atom is -0.457 e. The maximum Gasteiger partial charge on any atom is 0.338 e. The van der Waals surface area contributed by atoms with E-state index < -0.39 is 0 Å². The number of rotatable bonds is 4. The monoisotopic (exact) mass is 566 g/mol. The minimum atomic E-state index is -0.275. The number of fused-ring (bicyclic) bond motifs is 7. The first kappa shape index (κ1) is 25.2. The number of benzene rings is 6. The molecule has 0 atom stereocenters. The molecule has 208 valence electrons.